The standard InChI is InChI=1S/C27H27N5O2/c1-4-19-10-8-9-17(2)25(19)31-16-20(13-24(31)33)27(34)29-21-14-23-18(3)30-32(26(23)28-15-21)22-11-6-5-7-12-22/h5-12,14-15,20H,4,13,16H2,1-3H3,(H,29,34). The number of carbonyl (C=O) groups excluding carboxylic acids is 2. The fourth-order valence-corrected chi connectivity index (χ4v) is 4.70. The number of pyridine rings is 1. The number of para-hydroxylation sites is 2. The molecule has 2 aromatic carbocycles. The maximum Gasteiger partial charge on any atom is 0.229 e. The van der Waals surface area contributed by atoms with E-state index in [0.29, 0.717) is 12.2 Å². The number of benzene rings is 2. The Kier molecular flexibility index (Phi) is 5.61. The minimum absolute atomic E-state index is 0.0160. The molecule has 2 amide bonds. The lowest BCUT2D eigenvalue weighted by Crippen LogP contribution is -2.29. The number of hydrogen-bond donors (Lipinski definition) is 1. The Morgan fingerprint density at radius 3 is 2.68 bits per heavy atom. The van der Waals surface area contributed by atoms with Gasteiger partial charge in [0.1, 0.15) is 0 Å². The van der Waals surface area contributed by atoms with Gasteiger partial charge in [0.15, 0.2) is 5.65 Å². The van der Waals surface area contributed by atoms with Gasteiger partial charge in [0.05, 0.1) is 29.2 Å². The zero-order valence-corrected chi connectivity index (χ0v) is 19.6. The summed E-state index contributed by atoms with van der Waals surface area (Å²) in [5.41, 5.74) is 6.20. The van der Waals surface area contributed by atoms with Crippen LogP contribution in [0.2, 0.25) is 0 Å². The van der Waals surface area contributed by atoms with Gasteiger partial charge < -0.3 is 10.2 Å². The largest absolute Gasteiger partial charge is 0.324 e. The number of rotatable bonds is 5. The summed E-state index contributed by atoms with van der Waals surface area (Å²) >= 11 is 0. The predicted molar refractivity (Wildman–Crippen MR) is 133 cm³/mol. The zero-order valence-electron chi connectivity index (χ0n) is 19.6. The van der Waals surface area contributed by atoms with Crippen molar-refractivity contribution in [2.45, 2.75) is 33.6 Å². The first-order valence-electron chi connectivity index (χ1n) is 11.6. The molecule has 1 fully saturated rings. The second-order valence-corrected chi connectivity index (χ2v) is 8.76. The molecule has 1 atom stereocenters. The Morgan fingerprint density at radius 2 is 1.91 bits per heavy atom. The topological polar surface area (TPSA) is 80.1 Å². The molecule has 1 unspecified atom stereocenters. The van der Waals surface area contributed by atoms with Gasteiger partial charge in [0, 0.05) is 24.0 Å². The molecule has 0 radical (unpaired) electrons. The van der Waals surface area contributed by atoms with Gasteiger partial charge in [-0.3, -0.25) is 9.59 Å². The lowest BCUT2D eigenvalue weighted by atomic mass is 10.0. The van der Waals surface area contributed by atoms with E-state index in [1.165, 1.54) is 0 Å². The number of hydrogen-bond acceptors (Lipinski definition) is 4. The quantitative estimate of drug-likeness (QED) is 0.479. The summed E-state index contributed by atoms with van der Waals surface area (Å²) in [4.78, 5) is 32.3. The summed E-state index contributed by atoms with van der Waals surface area (Å²) < 4.78 is 1.80. The van der Waals surface area contributed by atoms with E-state index >= 15 is 0 Å². The van der Waals surface area contributed by atoms with Crippen LogP contribution in [0.15, 0.2) is 60.8 Å². The summed E-state index contributed by atoms with van der Waals surface area (Å²) in [6, 6.07) is 17.8. The van der Waals surface area contributed by atoms with E-state index in [0.717, 1.165) is 45.6 Å². The maximum atomic E-state index is 13.1. The van der Waals surface area contributed by atoms with Crippen molar-refractivity contribution in [1.82, 2.24) is 14.8 Å². The number of aromatic nitrogens is 3. The molecule has 0 aliphatic carbocycles. The fraction of sp³-hybridized carbons (Fsp3) is 0.259. The number of carbonyl (C=O) groups is 2. The van der Waals surface area contributed by atoms with Crippen LogP contribution in [-0.4, -0.2) is 33.1 Å². The van der Waals surface area contributed by atoms with Crippen molar-refractivity contribution < 1.29 is 9.59 Å². The minimum Gasteiger partial charge on any atom is -0.324 e. The molecular weight excluding hydrogens is 426 g/mol. The molecule has 7 nitrogen and oxygen atoms in total. The fourth-order valence-electron chi connectivity index (χ4n) is 4.70. The van der Waals surface area contributed by atoms with Crippen molar-refractivity contribution in [2.75, 3.05) is 16.8 Å². The molecule has 0 saturated carbocycles. The normalized spacial score (nSPS) is 15.8. The summed E-state index contributed by atoms with van der Waals surface area (Å²) in [5, 5.41) is 8.47. The minimum atomic E-state index is -0.416. The molecule has 3 heterocycles. The monoisotopic (exact) mass is 453 g/mol. The van der Waals surface area contributed by atoms with Crippen molar-refractivity contribution in [1.29, 1.82) is 0 Å². The molecule has 0 bridgehead atoms. The molecule has 1 aliphatic rings. The molecule has 1 saturated heterocycles. The number of nitrogens with zero attached hydrogens (tertiary/aromatic N) is 4. The SMILES string of the molecule is CCc1cccc(C)c1N1CC(C(=O)Nc2cnc3c(c2)c(C)nn3-c2ccccc2)CC1=O. The van der Waals surface area contributed by atoms with Crippen molar-refractivity contribution >= 4 is 34.2 Å². The van der Waals surface area contributed by atoms with E-state index in [2.05, 4.69) is 22.3 Å². The van der Waals surface area contributed by atoms with Crippen LogP contribution in [0.1, 0.15) is 30.2 Å². The van der Waals surface area contributed by atoms with Crippen LogP contribution in [0.25, 0.3) is 16.7 Å². The maximum absolute atomic E-state index is 13.1. The highest BCUT2D eigenvalue weighted by Gasteiger charge is 2.36. The van der Waals surface area contributed by atoms with E-state index in [9.17, 15) is 9.59 Å². The van der Waals surface area contributed by atoms with Crippen LogP contribution >= 0.6 is 0 Å². The van der Waals surface area contributed by atoms with Gasteiger partial charge in [0.2, 0.25) is 11.8 Å². The lowest BCUT2D eigenvalue weighted by molar-refractivity contribution is -0.122. The smallest absolute Gasteiger partial charge is 0.229 e. The van der Waals surface area contributed by atoms with Crippen molar-refractivity contribution in [3.63, 3.8) is 0 Å². The highest BCUT2D eigenvalue weighted by atomic mass is 16.2. The lowest BCUT2D eigenvalue weighted by Gasteiger charge is -2.22. The molecule has 1 aliphatic heterocycles. The van der Waals surface area contributed by atoms with E-state index in [4.69, 9.17) is 0 Å². The molecule has 1 N–H and O–H groups in total. The zero-order chi connectivity index (χ0) is 23.8. The number of anilines is 2. The van der Waals surface area contributed by atoms with Gasteiger partial charge in [-0.15, -0.1) is 0 Å². The van der Waals surface area contributed by atoms with Gasteiger partial charge in [-0.2, -0.15) is 5.10 Å². The van der Waals surface area contributed by atoms with Crippen LogP contribution < -0.4 is 10.2 Å². The summed E-state index contributed by atoms with van der Waals surface area (Å²) in [7, 11) is 0. The first-order valence-corrected chi connectivity index (χ1v) is 11.6. The number of fused-ring (bicyclic) bond motifs is 1. The van der Waals surface area contributed by atoms with Crippen LogP contribution in [0, 0.1) is 19.8 Å². The van der Waals surface area contributed by atoms with E-state index in [1.807, 2.05) is 68.4 Å². The first-order chi connectivity index (χ1) is 16.5. The van der Waals surface area contributed by atoms with E-state index in [1.54, 1.807) is 15.8 Å². The summed E-state index contributed by atoms with van der Waals surface area (Å²) in [6.07, 6.45) is 2.68. The average Bonchev–Trinajstić information content (AvgIpc) is 3.39. The first kappa shape index (κ1) is 21.8. The third-order valence-electron chi connectivity index (χ3n) is 6.44. The molecule has 0 spiro atoms. The Hall–Kier alpha value is -4.00. The summed E-state index contributed by atoms with van der Waals surface area (Å²) in [5.74, 6) is -0.602. The van der Waals surface area contributed by atoms with Crippen LogP contribution in [0.5, 0.6) is 0 Å². The van der Waals surface area contributed by atoms with Crippen molar-refractivity contribution in [3.05, 3.63) is 77.6 Å². The molecule has 5 rings (SSSR count). The van der Waals surface area contributed by atoms with Crippen molar-refractivity contribution in [3.8, 4) is 5.69 Å². The molecular formula is C27H27N5O2. The Bertz CT molecular complexity index is 1390. The Morgan fingerprint density at radius 1 is 1.12 bits per heavy atom. The van der Waals surface area contributed by atoms with Crippen LogP contribution in [0.4, 0.5) is 11.4 Å². The second kappa shape index (κ2) is 8.74. The molecule has 2 aromatic heterocycles. The summed E-state index contributed by atoms with van der Waals surface area (Å²) in [6.45, 7) is 6.39. The Balaban J connectivity index is 1.36. The van der Waals surface area contributed by atoms with Gasteiger partial charge in [-0.25, -0.2) is 9.67 Å². The highest BCUT2D eigenvalue weighted by Crippen LogP contribution is 2.32. The number of aryl methyl sites for hydroxylation is 3. The van der Waals surface area contributed by atoms with Gasteiger partial charge in [0.25, 0.3) is 0 Å². The molecule has 7 heteroatoms. The second-order valence-electron chi connectivity index (χ2n) is 8.76. The average molecular weight is 454 g/mol. The van der Waals surface area contributed by atoms with Gasteiger partial charge in [-0.1, -0.05) is 43.3 Å². The molecule has 172 valence electrons. The molecule has 4 aromatic rings. The predicted octanol–water partition coefficient (Wildman–Crippen LogP) is 4.59. The number of amides is 2. The molecule has 34 heavy (non-hydrogen) atoms. The van der Waals surface area contributed by atoms with E-state index < -0.39 is 5.92 Å². The van der Waals surface area contributed by atoms with E-state index in [-0.39, 0.29) is 18.2 Å². The van der Waals surface area contributed by atoms with Crippen LogP contribution in [-0.2, 0) is 16.0 Å². The Labute approximate surface area is 198 Å². The van der Waals surface area contributed by atoms with Gasteiger partial charge >= 0.3 is 0 Å². The van der Waals surface area contributed by atoms with Gasteiger partial charge in [-0.05, 0) is 49.6 Å². The van der Waals surface area contributed by atoms with Crippen molar-refractivity contribution in [2.24, 2.45) is 5.92 Å². The number of nitrogens with one attached hydrogen (secondary N) is 1. The third-order valence-corrected chi connectivity index (χ3v) is 6.44. The van der Waals surface area contributed by atoms with Crippen LogP contribution in [0.3, 0.4) is 0 Å². The highest BCUT2D eigenvalue weighted by molar-refractivity contribution is 6.04. The third kappa shape index (κ3) is 3.83.